The minimum atomic E-state index is -0.237. The van der Waals surface area contributed by atoms with Crippen molar-refractivity contribution in [2.75, 3.05) is 0 Å². The average molecular weight is 229 g/mol. The zero-order valence-corrected chi connectivity index (χ0v) is 9.17. The number of nitrogens with zero attached hydrogens (tertiary/aromatic N) is 1. The standard InChI is InChI=1S/C13H8FNS/c14-11-2-1-3-13(8-11)16-12-6-4-10(9-15)5-7-12/h1-8H. The predicted octanol–water partition coefficient (Wildman–Crippen LogP) is 3.85. The van der Waals surface area contributed by atoms with Crippen molar-refractivity contribution < 1.29 is 4.39 Å². The van der Waals surface area contributed by atoms with E-state index in [0.29, 0.717) is 5.56 Å². The molecule has 0 aliphatic carbocycles. The fraction of sp³-hybridized carbons (Fsp3) is 0. The van der Waals surface area contributed by atoms with E-state index in [0.717, 1.165) is 9.79 Å². The monoisotopic (exact) mass is 229 g/mol. The van der Waals surface area contributed by atoms with Crippen LogP contribution in [0.4, 0.5) is 4.39 Å². The molecular weight excluding hydrogens is 221 g/mol. The first-order valence-corrected chi connectivity index (χ1v) is 5.53. The molecule has 0 fully saturated rings. The van der Waals surface area contributed by atoms with Gasteiger partial charge in [-0.3, -0.25) is 0 Å². The third kappa shape index (κ3) is 2.62. The first kappa shape index (κ1) is 10.7. The van der Waals surface area contributed by atoms with Gasteiger partial charge >= 0.3 is 0 Å². The summed E-state index contributed by atoms with van der Waals surface area (Å²) < 4.78 is 12.9. The Morgan fingerprint density at radius 3 is 2.38 bits per heavy atom. The van der Waals surface area contributed by atoms with Gasteiger partial charge in [0, 0.05) is 9.79 Å². The first-order chi connectivity index (χ1) is 7.78. The van der Waals surface area contributed by atoms with E-state index in [2.05, 4.69) is 6.07 Å². The second-order valence-electron chi connectivity index (χ2n) is 3.20. The average Bonchev–Trinajstić information content (AvgIpc) is 2.30. The van der Waals surface area contributed by atoms with E-state index >= 15 is 0 Å². The van der Waals surface area contributed by atoms with Gasteiger partial charge in [-0.25, -0.2) is 4.39 Å². The van der Waals surface area contributed by atoms with Crippen LogP contribution in [0.3, 0.4) is 0 Å². The minimum Gasteiger partial charge on any atom is -0.207 e. The van der Waals surface area contributed by atoms with Crippen molar-refractivity contribution in [1.29, 1.82) is 5.26 Å². The van der Waals surface area contributed by atoms with Crippen molar-refractivity contribution in [3.05, 3.63) is 59.9 Å². The fourth-order valence-electron chi connectivity index (χ4n) is 1.26. The van der Waals surface area contributed by atoms with Crippen LogP contribution in [0.25, 0.3) is 0 Å². The molecule has 0 amide bonds. The van der Waals surface area contributed by atoms with Crippen LogP contribution in [0.1, 0.15) is 5.56 Å². The Labute approximate surface area is 97.5 Å². The Bertz CT molecular complexity index is 528. The molecule has 0 N–H and O–H groups in total. The van der Waals surface area contributed by atoms with Gasteiger partial charge in [-0.05, 0) is 42.5 Å². The lowest BCUT2D eigenvalue weighted by molar-refractivity contribution is 0.624. The molecule has 2 rings (SSSR count). The van der Waals surface area contributed by atoms with Crippen LogP contribution < -0.4 is 0 Å². The maximum Gasteiger partial charge on any atom is 0.124 e. The topological polar surface area (TPSA) is 23.8 Å². The molecule has 3 heteroatoms. The third-order valence-corrected chi connectivity index (χ3v) is 3.01. The first-order valence-electron chi connectivity index (χ1n) is 4.71. The highest BCUT2D eigenvalue weighted by molar-refractivity contribution is 7.99. The maximum absolute atomic E-state index is 12.9. The molecule has 16 heavy (non-hydrogen) atoms. The van der Waals surface area contributed by atoms with Crippen LogP contribution in [0.2, 0.25) is 0 Å². The van der Waals surface area contributed by atoms with E-state index in [1.807, 2.05) is 18.2 Å². The SMILES string of the molecule is N#Cc1ccc(Sc2cccc(F)c2)cc1. The molecule has 0 spiro atoms. The van der Waals surface area contributed by atoms with Crippen LogP contribution in [-0.4, -0.2) is 0 Å². The van der Waals surface area contributed by atoms with Crippen molar-refractivity contribution in [2.45, 2.75) is 9.79 Å². The molecule has 0 aliphatic rings. The Hall–Kier alpha value is -1.79. The van der Waals surface area contributed by atoms with Gasteiger partial charge < -0.3 is 0 Å². The Morgan fingerprint density at radius 2 is 1.75 bits per heavy atom. The zero-order chi connectivity index (χ0) is 11.4. The Morgan fingerprint density at radius 1 is 1.00 bits per heavy atom. The number of nitriles is 1. The summed E-state index contributed by atoms with van der Waals surface area (Å²) in [5.41, 5.74) is 0.628. The molecule has 0 bridgehead atoms. The van der Waals surface area contributed by atoms with Gasteiger partial charge in [0.05, 0.1) is 11.6 Å². The molecule has 0 aromatic heterocycles. The third-order valence-electron chi connectivity index (χ3n) is 2.02. The van der Waals surface area contributed by atoms with Gasteiger partial charge in [0.1, 0.15) is 5.82 Å². The molecule has 78 valence electrons. The largest absolute Gasteiger partial charge is 0.207 e. The summed E-state index contributed by atoms with van der Waals surface area (Å²) in [6.45, 7) is 0. The molecule has 0 saturated heterocycles. The van der Waals surface area contributed by atoms with Crippen LogP contribution in [0.15, 0.2) is 58.3 Å². The fourth-order valence-corrected chi connectivity index (χ4v) is 2.13. The van der Waals surface area contributed by atoms with Gasteiger partial charge in [-0.1, -0.05) is 17.8 Å². The van der Waals surface area contributed by atoms with Crippen molar-refractivity contribution in [3.63, 3.8) is 0 Å². The summed E-state index contributed by atoms with van der Waals surface area (Å²) in [4.78, 5) is 1.84. The normalized spacial score (nSPS) is 9.75. The lowest BCUT2D eigenvalue weighted by Crippen LogP contribution is -1.77. The molecular formula is C13H8FNS. The van der Waals surface area contributed by atoms with Gasteiger partial charge in [0.25, 0.3) is 0 Å². The molecule has 0 atom stereocenters. The highest BCUT2D eigenvalue weighted by Gasteiger charge is 1.99. The number of halogens is 1. The number of hydrogen-bond donors (Lipinski definition) is 0. The van der Waals surface area contributed by atoms with E-state index in [4.69, 9.17) is 5.26 Å². The molecule has 2 aromatic carbocycles. The van der Waals surface area contributed by atoms with Crippen molar-refractivity contribution in [2.24, 2.45) is 0 Å². The molecule has 0 unspecified atom stereocenters. The summed E-state index contributed by atoms with van der Waals surface area (Å²) in [6, 6.07) is 15.7. The highest BCUT2D eigenvalue weighted by Crippen LogP contribution is 2.27. The molecule has 0 aliphatic heterocycles. The molecule has 1 nitrogen and oxygen atoms in total. The zero-order valence-electron chi connectivity index (χ0n) is 8.35. The lowest BCUT2D eigenvalue weighted by atomic mass is 10.2. The van der Waals surface area contributed by atoms with Gasteiger partial charge in [-0.15, -0.1) is 0 Å². The lowest BCUT2D eigenvalue weighted by Gasteiger charge is -2.01. The Balaban J connectivity index is 2.18. The number of benzene rings is 2. The smallest absolute Gasteiger partial charge is 0.124 e. The minimum absolute atomic E-state index is 0.237. The van der Waals surface area contributed by atoms with Crippen molar-refractivity contribution >= 4 is 11.8 Å². The van der Waals surface area contributed by atoms with Crippen LogP contribution in [0.5, 0.6) is 0 Å². The van der Waals surface area contributed by atoms with Crippen molar-refractivity contribution in [3.8, 4) is 6.07 Å². The van der Waals surface area contributed by atoms with Gasteiger partial charge in [0.15, 0.2) is 0 Å². The highest BCUT2D eigenvalue weighted by atomic mass is 32.2. The van der Waals surface area contributed by atoms with Gasteiger partial charge in [0.2, 0.25) is 0 Å². The summed E-state index contributed by atoms with van der Waals surface area (Å²) >= 11 is 1.47. The summed E-state index contributed by atoms with van der Waals surface area (Å²) in [7, 11) is 0. The molecule has 0 heterocycles. The number of rotatable bonds is 2. The van der Waals surface area contributed by atoms with E-state index < -0.39 is 0 Å². The Kier molecular flexibility index (Phi) is 3.23. The van der Waals surface area contributed by atoms with Crippen LogP contribution in [0, 0.1) is 17.1 Å². The van der Waals surface area contributed by atoms with Crippen LogP contribution >= 0.6 is 11.8 Å². The second kappa shape index (κ2) is 4.82. The van der Waals surface area contributed by atoms with E-state index in [1.54, 1.807) is 18.2 Å². The van der Waals surface area contributed by atoms with E-state index in [9.17, 15) is 4.39 Å². The maximum atomic E-state index is 12.9. The van der Waals surface area contributed by atoms with E-state index in [1.165, 1.54) is 23.9 Å². The quantitative estimate of drug-likeness (QED) is 0.781. The predicted molar refractivity (Wildman–Crippen MR) is 61.7 cm³/mol. The summed E-state index contributed by atoms with van der Waals surface area (Å²) in [5.74, 6) is -0.237. The van der Waals surface area contributed by atoms with Crippen LogP contribution in [-0.2, 0) is 0 Å². The second-order valence-corrected chi connectivity index (χ2v) is 4.34. The van der Waals surface area contributed by atoms with Gasteiger partial charge in [-0.2, -0.15) is 5.26 Å². The van der Waals surface area contributed by atoms with Crippen molar-refractivity contribution in [1.82, 2.24) is 0 Å². The number of hydrogen-bond acceptors (Lipinski definition) is 2. The summed E-state index contributed by atoms with van der Waals surface area (Å²) in [6.07, 6.45) is 0. The van der Waals surface area contributed by atoms with E-state index in [-0.39, 0.29) is 5.82 Å². The molecule has 2 aromatic rings. The molecule has 0 saturated carbocycles. The molecule has 0 radical (unpaired) electrons. The summed E-state index contributed by atoms with van der Waals surface area (Å²) in [5, 5.41) is 8.65.